The number of methoxy groups -OCH3 is 1. The number of nitrogens with zero attached hydrogens (tertiary/aromatic N) is 2. The first kappa shape index (κ1) is 14.5. The van der Waals surface area contributed by atoms with E-state index in [1.807, 2.05) is 14.0 Å². The Hall–Kier alpha value is -0.940. The molecular formula is C14H25N3O2. The Bertz CT molecular complexity index is 418. The highest BCUT2D eigenvalue weighted by Gasteiger charge is 2.43. The molecule has 1 heterocycles. The molecule has 19 heavy (non-hydrogen) atoms. The second-order valence-corrected chi connectivity index (χ2v) is 6.33. The van der Waals surface area contributed by atoms with Crippen LogP contribution in [-0.4, -0.2) is 24.3 Å². The van der Waals surface area contributed by atoms with Crippen molar-refractivity contribution in [3.63, 3.8) is 0 Å². The van der Waals surface area contributed by atoms with Gasteiger partial charge in [0.25, 0.3) is 0 Å². The number of aromatic nitrogens is 2. The lowest BCUT2D eigenvalue weighted by molar-refractivity contribution is -0.0740. The van der Waals surface area contributed by atoms with Crippen molar-refractivity contribution in [2.45, 2.75) is 58.1 Å². The fourth-order valence-corrected chi connectivity index (χ4v) is 2.57. The minimum absolute atomic E-state index is 0.0650. The maximum atomic E-state index is 5.78. The molecule has 0 spiro atoms. The molecule has 0 aromatic carbocycles. The Morgan fingerprint density at radius 3 is 2.42 bits per heavy atom. The van der Waals surface area contributed by atoms with Crippen LogP contribution in [0.3, 0.4) is 0 Å². The topological polar surface area (TPSA) is 60.2 Å². The fraction of sp³-hybridized carbons (Fsp3) is 0.857. The predicted molar refractivity (Wildman–Crippen MR) is 72.7 cm³/mol. The number of hydrogen-bond donors (Lipinski definition) is 1. The Balaban J connectivity index is 2.20. The SMILES string of the molecule is CNC(C)c1nc(C2(OC)CCC(C)(C)CC2)no1. The molecule has 5 nitrogen and oxygen atoms in total. The predicted octanol–water partition coefficient (Wildman–Crippen LogP) is 2.79. The summed E-state index contributed by atoms with van der Waals surface area (Å²) in [4.78, 5) is 4.53. The van der Waals surface area contributed by atoms with Crippen LogP contribution in [0.5, 0.6) is 0 Å². The Labute approximate surface area is 115 Å². The van der Waals surface area contributed by atoms with E-state index in [0.717, 1.165) is 25.7 Å². The molecule has 1 aliphatic rings. The van der Waals surface area contributed by atoms with Gasteiger partial charge in [-0.15, -0.1) is 0 Å². The average molecular weight is 267 g/mol. The number of nitrogens with one attached hydrogen (secondary N) is 1. The third kappa shape index (κ3) is 2.82. The minimum Gasteiger partial charge on any atom is -0.370 e. The van der Waals surface area contributed by atoms with Gasteiger partial charge in [0, 0.05) is 7.11 Å². The van der Waals surface area contributed by atoms with Crippen molar-refractivity contribution in [2.24, 2.45) is 5.41 Å². The molecule has 0 saturated heterocycles. The first-order chi connectivity index (χ1) is 8.92. The third-order valence-electron chi connectivity index (χ3n) is 4.45. The molecule has 1 fully saturated rings. The van der Waals surface area contributed by atoms with Crippen LogP contribution in [-0.2, 0) is 10.3 Å². The lowest BCUT2D eigenvalue weighted by atomic mass is 9.70. The van der Waals surface area contributed by atoms with Crippen LogP contribution >= 0.6 is 0 Å². The number of ether oxygens (including phenoxy) is 1. The maximum Gasteiger partial charge on any atom is 0.243 e. The molecule has 1 N–H and O–H groups in total. The van der Waals surface area contributed by atoms with Gasteiger partial charge in [-0.05, 0) is 45.1 Å². The van der Waals surface area contributed by atoms with Crippen molar-refractivity contribution in [3.05, 3.63) is 11.7 Å². The molecule has 1 aliphatic carbocycles. The van der Waals surface area contributed by atoms with E-state index >= 15 is 0 Å². The Morgan fingerprint density at radius 1 is 1.26 bits per heavy atom. The van der Waals surface area contributed by atoms with E-state index < -0.39 is 0 Å². The largest absolute Gasteiger partial charge is 0.370 e. The molecule has 0 radical (unpaired) electrons. The second-order valence-electron chi connectivity index (χ2n) is 6.33. The van der Waals surface area contributed by atoms with E-state index in [1.54, 1.807) is 7.11 Å². The summed E-state index contributed by atoms with van der Waals surface area (Å²) in [6.07, 6.45) is 4.13. The van der Waals surface area contributed by atoms with Crippen LogP contribution in [0.1, 0.15) is 64.2 Å². The molecule has 0 bridgehead atoms. The van der Waals surface area contributed by atoms with Crippen LogP contribution in [0.25, 0.3) is 0 Å². The van der Waals surface area contributed by atoms with E-state index in [0.29, 0.717) is 17.1 Å². The third-order valence-corrected chi connectivity index (χ3v) is 4.45. The average Bonchev–Trinajstić information content (AvgIpc) is 2.89. The van der Waals surface area contributed by atoms with Crippen molar-refractivity contribution in [2.75, 3.05) is 14.2 Å². The van der Waals surface area contributed by atoms with Gasteiger partial charge in [-0.1, -0.05) is 19.0 Å². The summed E-state index contributed by atoms with van der Waals surface area (Å²) in [6.45, 7) is 6.61. The van der Waals surface area contributed by atoms with Crippen LogP contribution in [0.15, 0.2) is 4.52 Å². The molecule has 5 heteroatoms. The Morgan fingerprint density at radius 2 is 1.89 bits per heavy atom. The Kier molecular flexibility index (Phi) is 3.97. The molecular weight excluding hydrogens is 242 g/mol. The zero-order chi connectivity index (χ0) is 14.1. The van der Waals surface area contributed by atoms with E-state index in [4.69, 9.17) is 9.26 Å². The summed E-state index contributed by atoms with van der Waals surface area (Å²) in [5.74, 6) is 1.32. The van der Waals surface area contributed by atoms with Crippen molar-refractivity contribution >= 4 is 0 Å². The normalized spacial score (nSPS) is 23.2. The van der Waals surface area contributed by atoms with E-state index in [9.17, 15) is 0 Å². The van der Waals surface area contributed by atoms with Crippen molar-refractivity contribution in [3.8, 4) is 0 Å². The quantitative estimate of drug-likeness (QED) is 0.909. The minimum atomic E-state index is -0.370. The van der Waals surface area contributed by atoms with Gasteiger partial charge in [0.15, 0.2) is 0 Å². The highest BCUT2D eigenvalue weighted by atomic mass is 16.5. The monoisotopic (exact) mass is 267 g/mol. The summed E-state index contributed by atoms with van der Waals surface area (Å²) < 4.78 is 11.1. The molecule has 2 rings (SSSR count). The van der Waals surface area contributed by atoms with Gasteiger partial charge in [-0.25, -0.2) is 0 Å². The molecule has 0 aliphatic heterocycles. The van der Waals surface area contributed by atoms with Crippen molar-refractivity contribution in [1.82, 2.24) is 15.5 Å². The van der Waals surface area contributed by atoms with E-state index in [1.165, 1.54) is 0 Å². The summed E-state index contributed by atoms with van der Waals surface area (Å²) >= 11 is 0. The van der Waals surface area contributed by atoms with Gasteiger partial charge in [-0.3, -0.25) is 0 Å². The standard InChI is InChI=1S/C14H25N3O2/c1-10(15-4)11-16-12(17-19-11)14(18-5)8-6-13(2,3)7-9-14/h10,15H,6-9H2,1-5H3. The molecule has 1 aromatic heterocycles. The molecule has 1 saturated carbocycles. The summed E-state index contributed by atoms with van der Waals surface area (Å²) in [5, 5.41) is 7.25. The second kappa shape index (κ2) is 5.21. The van der Waals surface area contributed by atoms with Crippen LogP contribution < -0.4 is 5.32 Å². The molecule has 1 unspecified atom stereocenters. The first-order valence-electron chi connectivity index (χ1n) is 6.99. The summed E-state index contributed by atoms with van der Waals surface area (Å²) in [5.41, 5.74) is 0.0115. The lowest BCUT2D eigenvalue weighted by Gasteiger charge is -2.40. The van der Waals surface area contributed by atoms with Gasteiger partial charge in [0.1, 0.15) is 5.60 Å². The number of hydrogen-bond acceptors (Lipinski definition) is 5. The molecule has 0 amide bonds. The fourth-order valence-electron chi connectivity index (χ4n) is 2.57. The van der Waals surface area contributed by atoms with Crippen molar-refractivity contribution in [1.29, 1.82) is 0 Å². The molecule has 108 valence electrons. The highest BCUT2D eigenvalue weighted by Crippen LogP contribution is 2.46. The number of rotatable bonds is 4. The summed E-state index contributed by atoms with van der Waals surface area (Å²) in [7, 11) is 3.62. The lowest BCUT2D eigenvalue weighted by Crippen LogP contribution is -2.37. The molecule has 1 atom stereocenters. The van der Waals surface area contributed by atoms with E-state index in [2.05, 4.69) is 29.3 Å². The van der Waals surface area contributed by atoms with Crippen LogP contribution in [0, 0.1) is 5.41 Å². The van der Waals surface area contributed by atoms with Gasteiger partial charge >= 0.3 is 0 Å². The zero-order valence-corrected chi connectivity index (χ0v) is 12.6. The van der Waals surface area contributed by atoms with Gasteiger partial charge in [0.05, 0.1) is 6.04 Å². The van der Waals surface area contributed by atoms with Crippen LogP contribution in [0.2, 0.25) is 0 Å². The van der Waals surface area contributed by atoms with E-state index in [-0.39, 0.29) is 11.6 Å². The van der Waals surface area contributed by atoms with Gasteiger partial charge in [0.2, 0.25) is 11.7 Å². The van der Waals surface area contributed by atoms with Gasteiger partial charge < -0.3 is 14.6 Å². The molecule has 1 aromatic rings. The zero-order valence-electron chi connectivity index (χ0n) is 12.6. The first-order valence-corrected chi connectivity index (χ1v) is 6.99. The summed E-state index contributed by atoms with van der Waals surface area (Å²) in [6, 6.07) is 0.0650. The maximum absolute atomic E-state index is 5.78. The van der Waals surface area contributed by atoms with Crippen molar-refractivity contribution < 1.29 is 9.26 Å². The van der Waals surface area contributed by atoms with Gasteiger partial charge in [-0.2, -0.15) is 4.98 Å². The highest BCUT2D eigenvalue weighted by molar-refractivity contribution is 5.06. The van der Waals surface area contributed by atoms with Crippen LogP contribution in [0.4, 0.5) is 0 Å². The smallest absolute Gasteiger partial charge is 0.243 e.